The highest BCUT2D eigenvalue weighted by Gasteiger charge is 2.13. The molecule has 0 aliphatic heterocycles. The van der Waals surface area contributed by atoms with Crippen molar-refractivity contribution >= 4 is 22.5 Å². The number of nitrogens with two attached hydrogens (primary N) is 1. The molecule has 6 heteroatoms. The van der Waals surface area contributed by atoms with Gasteiger partial charge in [-0.1, -0.05) is 31.2 Å². The number of fused-ring (bicyclic) bond motifs is 1. The molecule has 1 aliphatic carbocycles. The fourth-order valence-electron chi connectivity index (χ4n) is 3.28. The van der Waals surface area contributed by atoms with Crippen molar-refractivity contribution in [1.29, 1.82) is 0 Å². The van der Waals surface area contributed by atoms with E-state index in [4.69, 9.17) is 15.5 Å². The summed E-state index contributed by atoms with van der Waals surface area (Å²) in [5, 5.41) is 3.05. The Morgan fingerprint density at radius 2 is 2.30 bits per heavy atom. The molecule has 27 heavy (non-hydrogen) atoms. The van der Waals surface area contributed by atoms with Crippen molar-refractivity contribution in [1.82, 2.24) is 14.9 Å². The Hall–Kier alpha value is -2.44. The molecule has 1 heterocycles. The predicted octanol–water partition coefficient (Wildman–Crippen LogP) is 2.63. The highest BCUT2D eigenvalue weighted by atomic mass is 16.5. The number of aromatic nitrogens is 2. The van der Waals surface area contributed by atoms with Gasteiger partial charge in [0.1, 0.15) is 5.82 Å². The number of carbonyl (C=O) groups is 1. The lowest BCUT2D eigenvalue weighted by Crippen LogP contribution is -2.29. The van der Waals surface area contributed by atoms with Gasteiger partial charge >= 0.3 is 0 Å². The molecule has 1 unspecified atom stereocenters. The molecule has 1 amide bonds. The van der Waals surface area contributed by atoms with Crippen molar-refractivity contribution in [2.75, 3.05) is 19.8 Å². The molecule has 0 saturated carbocycles. The molecule has 2 aromatic rings. The number of ether oxygens (including phenoxy) is 1. The van der Waals surface area contributed by atoms with Crippen LogP contribution in [-0.4, -0.2) is 35.2 Å². The van der Waals surface area contributed by atoms with Crippen molar-refractivity contribution < 1.29 is 9.53 Å². The van der Waals surface area contributed by atoms with Crippen LogP contribution in [0.1, 0.15) is 31.7 Å². The van der Waals surface area contributed by atoms with E-state index in [0.29, 0.717) is 32.2 Å². The van der Waals surface area contributed by atoms with Crippen LogP contribution in [0, 0.1) is 5.92 Å². The number of hydrogen-bond donors (Lipinski definition) is 2. The summed E-state index contributed by atoms with van der Waals surface area (Å²) in [5.41, 5.74) is 9.69. The van der Waals surface area contributed by atoms with Crippen molar-refractivity contribution in [2.24, 2.45) is 11.7 Å². The smallest absolute Gasteiger partial charge is 0.231 e. The second-order valence-electron chi connectivity index (χ2n) is 6.88. The number of amides is 1. The maximum absolute atomic E-state index is 11.0. The monoisotopic (exact) mass is 368 g/mol. The zero-order valence-electron chi connectivity index (χ0n) is 16.1. The Morgan fingerprint density at radius 3 is 3.00 bits per heavy atom. The standard InChI is InChI=1S/C21H28N4O2/c1-3-27-11-10-25-19-12-17(16-6-4-15(2)5-7-16)8-9-18(19)24-21(25)14-23-13-20(22)26/h4,6-9,12,15,23H,3,5,10-11,13-14H2,1-2H3,(H2,22,26). The highest BCUT2D eigenvalue weighted by molar-refractivity contribution is 5.84. The lowest BCUT2D eigenvalue weighted by atomic mass is 9.94. The van der Waals surface area contributed by atoms with Gasteiger partial charge in [-0.25, -0.2) is 4.98 Å². The minimum absolute atomic E-state index is 0.135. The summed E-state index contributed by atoms with van der Waals surface area (Å²) in [6.07, 6.45) is 7.81. The topological polar surface area (TPSA) is 82.2 Å². The molecule has 1 aromatic carbocycles. The van der Waals surface area contributed by atoms with Gasteiger partial charge in [-0.15, -0.1) is 0 Å². The molecule has 144 valence electrons. The Labute approximate surface area is 160 Å². The van der Waals surface area contributed by atoms with Gasteiger partial charge in [-0.2, -0.15) is 0 Å². The Bertz CT molecular complexity index is 866. The first-order valence-electron chi connectivity index (χ1n) is 9.53. The number of hydrogen-bond acceptors (Lipinski definition) is 4. The normalized spacial score (nSPS) is 16.7. The summed E-state index contributed by atoms with van der Waals surface area (Å²) in [6.45, 7) is 6.85. The molecule has 1 aromatic heterocycles. The number of rotatable bonds is 9. The molecule has 3 rings (SSSR count). The minimum atomic E-state index is -0.375. The maximum Gasteiger partial charge on any atom is 0.231 e. The first kappa shape index (κ1) is 19.3. The number of nitrogens with one attached hydrogen (secondary N) is 1. The van der Waals surface area contributed by atoms with Crippen LogP contribution in [0.4, 0.5) is 0 Å². The molecule has 0 fully saturated rings. The van der Waals surface area contributed by atoms with Gasteiger partial charge < -0.3 is 20.4 Å². The van der Waals surface area contributed by atoms with E-state index in [-0.39, 0.29) is 12.5 Å². The van der Waals surface area contributed by atoms with E-state index in [1.807, 2.05) is 6.92 Å². The van der Waals surface area contributed by atoms with Crippen LogP contribution >= 0.6 is 0 Å². The third-order valence-corrected chi connectivity index (χ3v) is 4.72. The third-order valence-electron chi connectivity index (χ3n) is 4.72. The van der Waals surface area contributed by atoms with Gasteiger partial charge in [-0.05, 0) is 42.5 Å². The lowest BCUT2D eigenvalue weighted by Gasteiger charge is -2.13. The van der Waals surface area contributed by atoms with Crippen molar-refractivity contribution in [2.45, 2.75) is 33.4 Å². The van der Waals surface area contributed by atoms with E-state index >= 15 is 0 Å². The summed E-state index contributed by atoms with van der Waals surface area (Å²) in [4.78, 5) is 15.7. The average molecular weight is 368 g/mol. The Kier molecular flexibility index (Phi) is 6.42. The number of carbonyl (C=O) groups excluding carboxylic acids is 1. The number of imidazole rings is 1. The van der Waals surface area contributed by atoms with E-state index < -0.39 is 0 Å². The first-order valence-corrected chi connectivity index (χ1v) is 9.53. The number of allylic oxidation sites excluding steroid dienone is 4. The van der Waals surface area contributed by atoms with Crippen LogP contribution in [0.15, 0.2) is 36.4 Å². The maximum atomic E-state index is 11.0. The zero-order chi connectivity index (χ0) is 19.2. The molecular weight excluding hydrogens is 340 g/mol. The Morgan fingerprint density at radius 1 is 1.44 bits per heavy atom. The quantitative estimate of drug-likeness (QED) is 0.667. The van der Waals surface area contributed by atoms with Crippen LogP contribution in [-0.2, 0) is 22.6 Å². The fourth-order valence-corrected chi connectivity index (χ4v) is 3.28. The molecule has 1 atom stereocenters. The van der Waals surface area contributed by atoms with Gasteiger partial charge in [0.25, 0.3) is 0 Å². The molecular formula is C21H28N4O2. The van der Waals surface area contributed by atoms with Gasteiger partial charge in [-0.3, -0.25) is 4.79 Å². The molecule has 0 saturated heterocycles. The van der Waals surface area contributed by atoms with Gasteiger partial charge in [0.15, 0.2) is 0 Å². The van der Waals surface area contributed by atoms with Crippen LogP contribution < -0.4 is 11.1 Å². The van der Waals surface area contributed by atoms with Crippen LogP contribution in [0.2, 0.25) is 0 Å². The minimum Gasteiger partial charge on any atom is -0.380 e. The van der Waals surface area contributed by atoms with Gasteiger partial charge in [0, 0.05) is 13.2 Å². The molecule has 0 bridgehead atoms. The van der Waals surface area contributed by atoms with Crippen molar-refractivity contribution in [3.63, 3.8) is 0 Å². The molecule has 6 nitrogen and oxygen atoms in total. The third kappa shape index (κ3) is 4.84. The van der Waals surface area contributed by atoms with Crippen LogP contribution in [0.25, 0.3) is 16.6 Å². The molecule has 0 radical (unpaired) electrons. The second kappa shape index (κ2) is 8.97. The summed E-state index contributed by atoms with van der Waals surface area (Å²) >= 11 is 0. The summed E-state index contributed by atoms with van der Waals surface area (Å²) in [7, 11) is 0. The van der Waals surface area contributed by atoms with Crippen LogP contribution in [0.5, 0.6) is 0 Å². The SMILES string of the molecule is CCOCCn1c(CNCC(N)=O)nc2ccc(C3=CCC(C)C=C3)cc21. The van der Waals surface area contributed by atoms with Gasteiger partial charge in [0.2, 0.25) is 5.91 Å². The van der Waals surface area contributed by atoms with Crippen LogP contribution in [0.3, 0.4) is 0 Å². The van der Waals surface area contributed by atoms with E-state index in [0.717, 1.165) is 23.3 Å². The second-order valence-corrected chi connectivity index (χ2v) is 6.88. The zero-order valence-corrected chi connectivity index (χ0v) is 16.1. The fraction of sp³-hybridized carbons (Fsp3) is 0.429. The predicted molar refractivity (Wildman–Crippen MR) is 108 cm³/mol. The van der Waals surface area contributed by atoms with Gasteiger partial charge in [0.05, 0.1) is 30.7 Å². The van der Waals surface area contributed by atoms with Crippen molar-refractivity contribution in [3.05, 3.63) is 47.8 Å². The largest absolute Gasteiger partial charge is 0.380 e. The molecule has 0 spiro atoms. The van der Waals surface area contributed by atoms with E-state index in [1.165, 1.54) is 11.1 Å². The molecule has 3 N–H and O–H groups in total. The van der Waals surface area contributed by atoms with E-state index in [1.54, 1.807) is 0 Å². The lowest BCUT2D eigenvalue weighted by molar-refractivity contribution is -0.117. The molecule has 1 aliphatic rings. The number of nitrogens with zero attached hydrogens (tertiary/aromatic N) is 2. The highest BCUT2D eigenvalue weighted by Crippen LogP contribution is 2.27. The summed E-state index contributed by atoms with van der Waals surface area (Å²) in [6, 6.07) is 6.37. The van der Waals surface area contributed by atoms with E-state index in [9.17, 15) is 4.79 Å². The Balaban J connectivity index is 1.91. The summed E-state index contributed by atoms with van der Waals surface area (Å²) in [5.74, 6) is 1.10. The van der Waals surface area contributed by atoms with Crippen molar-refractivity contribution in [3.8, 4) is 0 Å². The average Bonchev–Trinajstić information content (AvgIpc) is 2.99. The first-order chi connectivity index (χ1) is 13.1. The number of primary amides is 1. The van der Waals surface area contributed by atoms with E-state index in [2.05, 4.69) is 53.2 Å². The summed E-state index contributed by atoms with van der Waals surface area (Å²) < 4.78 is 7.71. The number of benzene rings is 1.